The maximum atomic E-state index is 10.8. The molecule has 14 heavy (non-hydrogen) atoms. The van der Waals surface area contributed by atoms with Gasteiger partial charge in [0.2, 0.25) is 0 Å². The number of hydrogen-bond donors (Lipinski definition) is 0. The minimum atomic E-state index is -0.0369. The molecule has 0 saturated carbocycles. The quantitative estimate of drug-likeness (QED) is 0.585. The van der Waals surface area contributed by atoms with E-state index in [2.05, 4.69) is 24.3 Å². The summed E-state index contributed by atoms with van der Waals surface area (Å²) in [5.74, 6) is -0.0369. The van der Waals surface area contributed by atoms with Crippen molar-refractivity contribution in [1.82, 2.24) is 0 Å². The van der Waals surface area contributed by atoms with Gasteiger partial charge in [0.1, 0.15) is 0 Å². The molecule has 0 amide bonds. The van der Waals surface area contributed by atoms with Gasteiger partial charge < -0.3 is 0 Å². The van der Waals surface area contributed by atoms with E-state index >= 15 is 0 Å². The average molecular weight is 255 g/mol. The van der Waals surface area contributed by atoms with E-state index in [9.17, 15) is 4.79 Å². The van der Waals surface area contributed by atoms with Gasteiger partial charge in [0.05, 0.1) is 0 Å². The van der Waals surface area contributed by atoms with E-state index in [1.807, 2.05) is 6.07 Å². The van der Waals surface area contributed by atoms with Crippen molar-refractivity contribution in [3.8, 4) is 0 Å². The van der Waals surface area contributed by atoms with Crippen molar-refractivity contribution >= 4 is 25.4 Å². The van der Waals surface area contributed by atoms with Crippen LogP contribution in [-0.2, 0) is 9.53 Å². The molecule has 74 valence electrons. The Bertz CT molecular complexity index is 300. The van der Waals surface area contributed by atoms with Crippen LogP contribution >= 0.6 is 0 Å². The van der Waals surface area contributed by atoms with Crippen molar-refractivity contribution < 1.29 is 9.53 Å². The molecule has 0 aromatic heterocycles. The van der Waals surface area contributed by atoms with Crippen molar-refractivity contribution in [3.63, 3.8) is 0 Å². The monoisotopic (exact) mass is 256 g/mol. The fourth-order valence-electron chi connectivity index (χ4n) is 1.40. The molecule has 0 N–H and O–H groups in total. The van der Waals surface area contributed by atoms with Crippen LogP contribution < -0.4 is 4.46 Å². The molecule has 1 aliphatic rings. The van der Waals surface area contributed by atoms with Gasteiger partial charge in [0.25, 0.3) is 0 Å². The summed E-state index contributed by atoms with van der Waals surface area (Å²) in [5, 5.41) is 0. The second kappa shape index (κ2) is 4.63. The Morgan fingerprint density at radius 2 is 2.07 bits per heavy atom. The van der Waals surface area contributed by atoms with Crippen LogP contribution in [0.15, 0.2) is 30.3 Å². The molecular formula is C11H12O2Se. The third-order valence-electron chi connectivity index (χ3n) is 2.15. The molecule has 0 bridgehead atoms. The fourth-order valence-corrected chi connectivity index (χ4v) is 3.65. The third kappa shape index (κ3) is 2.60. The Morgan fingerprint density at radius 3 is 2.71 bits per heavy atom. The summed E-state index contributed by atoms with van der Waals surface area (Å²) >= 11 is 0.446. The first-order valence-electron chi connectivity index (χ1n) is 4.72. The van der Waals surface area contributed by atoms with Gasteiger partial charge in [-0.3, -0.25) is 0 Å². The Labute approximate surface area is 89.8 Å². The van der Waals surface area contributed by atoms with E-state index in [1.165, 1.54) is 4.46 Å². The number of cyclic esters (lactones) is 1. The van der Waals surface area contributed by atoms with Crippen LogP contribution in [0.4, 0.5) is 0 Å². The van der Waals surface area contributed by atoms with Crippen molar-refractivity contribution in [2.24, 2.45) is 0 Å². The van der Waals surface area contributed by atoms with Crippen LogP contribution in [0.2, 0.25) is 4.82 Å². The van der Waals surface area contributed by atoms with Gasteiger partial charge in [-0.15, -0.1) is 0 Å². The average Bonchev–Trinajstić information content (AvgIpc) is 2.23. The Morgan fingerprint density at radius 1 is 1.29 bits per heavy atom. The molecule has 0 spiro atoms. The number of hydrogen-bond acceptors (Lipinski definition) is 2. The first-order valence-corrected chi connectivity index (χ1v) is 6.56. The molecule has 1 aromatic carbocycles. The number of carbonyl (C=O) groups is 1. The van der Waals surface area contributed by atoms with Gasteiger partial charge in [0.15, 0.2) is 0 Å². The summed E-state index contributed by atoms with van der Waals surface area (Å²) < 4.78 is 6.43. The first kappa shape index (κ1) is 9.75. The standard InChI is InChI=1S/C11H12O2Se/c12-11-7-6-10(8-13-11)14-9-4-2-1-3-5-9/h1-5,10H,6-8H2. The topological polar surface area (TPSA) is 26.3 Å². The van der Waals surface area contributed by atoms with Crippen LogP contribution in [0.3, 0.4) is 0 Å². The molecule has 1 unspecified atom stereocenters. The summed E-state index contributed by atoms with van der Waals surface area (Å²) in [7, 11) is 0. The van der Waals surface area contributed by atoms with Gasteiger partial charge in [-0.25, -0.2) is 0 Å². The van der Waals surface area contributed by atoms with E-state index in [4.69, 9.17) is 4.74 Å². The SMILES string of the molecule is O=C1CCC([Se]c2ccccc2)CO1. The molecule has 1 saturated heterocycles. The zero-order valence-corrected chi connectivity index (χ0v) is 9.52. The fraction of sp³-hybridized carbons (Fsp3) is 0.364. The van der Waals surface area contributed by atoms with Gasteiger partial charge in [0, 0.05) is 0 Å². The van der Waals surface area contributed by atoms with Crippen molar-refractivity contribution in [2.45, 2.75) is 17.7 Å². The number of ether oxygens (including phenoxy) is 1. The number of rotatable bonds is 2. The Hall–Kier alpha value is -0.791. The van der Waals surface area contributed by atoms with Crippen LogP contribution in [0, 0.1) is 0 Å². The van der Waals surface area contributed by atoms with E-state index in [0.29, 0.717) is 32.8 Å². The van der Waals surface area contributed by atoms with Crippen LogP contribution in [0.1, 0.15) is 12.8 Å². The van der Waals surface area contributed by atoms with Crippen LogP contribution in [0.5, 0.6) is 0 Å². The van der Waals surface area contributed by atoms with E-state index in [-0.39, 0.29) is 5.97 Å². The molecule has 1 heterocycles. The molecule has 0 aliphatic carbocycles. The van der Waals surface area contributed by atoms with E-state index in [0.717, 1.165) is 6.42 Å². The second-order valence-corrected chi connectivity index (χ2v) is 6.16. The second-order valence-electron chi connectivity index (χ2n) is 3.27. The van der Waals surface area contributed by atoms with Crippen LogP contribution in [-0.4, -0.2) is 27.5 Å². The first-order chi connectivity index (χ1) is 6.84. The zero-order valence-electron chi connectivity index (χ0n) is 7.81. The number of esters is 1. The predicted molar refractivity (Wildman–Crippen MR) is 55.8 cm³/mol. The number of carbonyl (C=O) groups excluding carboxylic acids is 1. The Kier molecular flexibility index (Phi) is 3.22. The summed E-state index contributed by atoms with van der Waals surface area (Å²) in [6, 6.07) is 10.4. The van der Waals surface area contributed by atoms with Gasteiger partial charge in [-0.1, -0.05) is 0 Å². The van der Waals surface area contributed by atoms with Crippen molar-refractivity contribution in [3.05, 3.63) is 30.3 Å². The maximum absolute atomic E-state index is 10.8. The Balaban J connectivity index is 1.89. The normalized spacial score (nSPS) is 21.7. The summed E-state index contributed by atoms with van der Waals surface area (Å²) in [6.07, 6.45) is 1.59. The molecule has 1 aliphatic heterocycles. The summed E-state index contributed by atoms with van der Waals surface area (Å²) in [5.41, 5.74) is 0. The van der Waals surface area contributed by atoms with Gasteiger partial charge in [-0.05, 0) is 0 Å². The molecule has 2 rings (SSSR count). The molecular weight excluding hydrogens is 243 g/mol. The molecule has 2 nitrogen and oxygen atoms in total. The molecule has 0 radical (unpaired) electrons. The predicted octanol–water partition coefficient (Wildman–Crippen LogP) is 1.14. The van der Waals surface area contributed by atoms with Crippen molar-refractivity contribution in [2.75, 3.05) is 6.61 Å². The minimum absolute atomic E-state index is 0.0369. The van der Waals surface area contributed by atoms with Gasteiger partial charge in [-0.2, -0.15) is 0 Å². The van der Waals surface area contributed by atoms with Gasteiger partial charge >= 0.3 is 89.5 Å². The van der Waals surface area contributed by atoms with Crippen molar-refractivity contribution in [1.29, 1.82) is 0 Å². The summed E-state index contributed by atoms with van der Waals surface area (Å²) in [6.45, 7) is 0.619. The van der Waals surface area contributed by atoms with Crippen LogP contribution in [0.25, 0.3) is 0 Å². The molecule has 1 aromatic rings. The molecule has 1 atom stereocenters. The zero-order chi connectivity index (χ0) is 9.80. The third-order valence-corrected chi connectivity index (χ3v) is 4.77. The number of benzene rings is 1. The molecule has 3 heteroatoms. The molecule has 1 fully saturated rings. The van der Waals surface area contributed by atoms with E-state index in [1.54, 1.807) is 0 Å². The summed E-state index contributed by atoms with van der Waals surface area (Å²) in [4.78, 5) is 11.4. The van der Waals surface area contributed by atoms with E-state index < -0.39 is 0 Å².